The Labute approximate surface area is 103 Å². The lowest BCUT2D eigenvalue weighted by atomic mass is 10.3. The smallest absolute Gasteiger partial charge is 0.216 e. The average Bonchev–Trinajstić information content (AvgIpc) is 2.25. The molecule has 1 aromatic heterocycles. The van der Waals surface area contributed by atoms with E-state index in [1.54, 1.807) is 0 Å². The summed E-state index contributed by atoms with van der Waals surface area (Å²) in [6.45, 7) is 0. The molecule has 2 nitrogen and oxygen atoms in total. The number of ether oxygens (including phenoxy) is 1. The van der Waals surface area contributed by atoms with E-state index in [-0.39, 0.29) is 11.5 Å². The molecule has 0 saturated carbocycles. The van der Waals surface area contributed by atoms with Gasteiger partial charge in [-0.3, -0.25) is 0 Å². The molecule has 17 heavy (non-hydrogen) atoms. The number of hydrogen-bond donors (Lipinski definition) is 0. The summed E-state index contributed by atoms with van der Waals surface area (Å²) in [6, 6.07) is 4.52. The van der Waals surface area contributed by atoms with E-state index in [0.717, 1.165) is 18.3 Å². The summed E-state index contributed by atoms with van der Waals surface area (Å²) >= 11 is 3.00. The van der Waals surface area contributed by atoms with E-state index in [1.807, 2.05) is 0 Å². The molecule has 6 heteroatoms. The Kier molecular flexibility index (Phi) is 3.33. The maximum Gasteiger partial charge on any atom is 0.216 e. The topological polar surface area (TPSA) is 22.1 Å². The van der Waals surface area contributed by atoms with Gasteiger partial charge >= 0.3 is 0 Å². The van der Waals surface area contributed by atoms with E-state index in [9.17, 15) is 13.2 Å². The first-order chi connectivity index (χ1) is 8.06. The largest absolute Gasteiger partial charge is 0.454 e. The molecule has 0 aliphatic carbocycles. The number of pyridine rings is 1. The fraction of sp³-hybridized carbons (Fsp3) is 0. The zero-order chi connectivity index (χ0) is 12.4. The predicted octanol–water partition coefficient (Wildman–Crippen LogP) is 4.05. The van der Waals surface area contributed by atoms with E-state index < -0.39 is 17.6 Å². The standard InChI is InChI=1S/C11H5BrF3NO/c12-6-3-8(13)11(15)9(4-6)17-7-1-2-16-10(14)5-7/h1-5H. The van der Waals surface area contributed by atoms with Gasteiger partial charge in [-0.1, -0.05) is 15.9 Å². The van der Waals surface area contributed by atoms with Gasteiger partial charge in [0.25, 0.3) is 0 Å². The molecule has 0 spiro atoms. The Bertz CT molecular complexity index is 562. The molecule has 0 aliphatic heterocycles. The van der Waals surface area contributed by atoms with Gasteiger partial charge in [0, 0.05) is 16.7 Å². The first-order valence-corrected chi connectivity index (χ1v) is 5.29. The quantitative estimate of drug-likeness (QED) is 0.617. The zero-order valence-electron chi connectivity index (χ0n) is 8.25. The van der Waals surface area contributed by atoms with E-state index in [1.165, 1.54) is 12.1 Å². The van der Waals surface area contributed by atoms with E-state index >= 15 is 0 Å². The fourth-order valence-corrected chi connectivity index (χ4v) is 1.59. The fourth-order valence-electron chi connectivity index (χ4n) is 1.18. The second-order valence-corrected chi connectivity index (χ2v) is 4.03. The Balaban J connectivity index is 2.36. The van der Waals surface area contributed by atoms with Crippen LogP contribution in [0.3, 0.4) is 0 Å². The minimum atomic E-state index is -1.13. The molecule has 0 atom stereocenters. The third kappa shape index (κ3) is 2.76. The maximum atomic E-state index is 13.3. The number of rotatable bonds is 2. The lowest BCUT2D eigenvalue weighted by Crippen LogP contribution is -1.93. The summed E-state index contributed by atoms with van der Waals surface area (Å²) in [7, 11) is 0. The molecule has 0 aliphatic rings. The van der Waals surface area contributed by atoms with Gasteiger partial charge in [0.2, 0.25) is 11.8 Å². The van der Waals surface area contributed by atoms with Crippen LogP contribution in [-0.2, 0) is 0 Å². The summed E-state index contributed by atoms with van der Waals surface area (Å²) in [5.74, 6) is -3.25. The van der Waals surface area contributed by atoms with Gasteiger partial charge in [-0.15, -0.1) is 0 Å². The SMILES string of the molecule is Fc1cc(Oc2cc(Br)cc(F)c2F)ccn1. The Morgan fingerprint density at radius 2 is 1.88 bits per heavy atom. The van der Waals surface area contributed by atoms with Crippen molar-refractivity contribution in [3.05, 3.63) is 52.5 Å². The summed E-state index contributed by atoms with van der Waals surface area (Å²) in [5, 5.41) is 0. The Morgan fingerprint density at radius 1 is 1.12 bits per heavy atom. The molecule has 88 valence electrons. The monoisotopic (exact) mass is 303 g/mol. The summed E-state index contributed by atoms with van der Waals surface area (Å²) in [4.78, 5) is 3.32. The van der Waals surface area contributed by atoms with Crippen LogP contribution in [0.15, 0.2) is 34.9 Å². The van der Waals surface area contributed by atoms with Crippen molar-refractivity contribution in [2.45, 2.75) is 0 Å². The molecule has 0 radical (unpaired) electrons. The van der Waals surface area contributed by atoms with Crippen LogP contribution in [0.1, 0.15) is 0 Å². The lowest BCUT2D eigenvalue weighted by molar-refractivity contribution is 0.412. The maximum absolute atomic E-state index is 13.3. The highest BCUT2D eigenvalue weighted by atomic mass is 79.9. The van der Waals surface area contributed by atoms with Crippen LogP contribution in [0.2, 0.25) is 0 Å². The zero-order valence-corrected chi connectivity index (χ0v) is 9.84. The molecule has 0 unspecified atom stereocenters. The van der Waals surface area contributed by atoms with Crippen molar-refractivity contribution in [3.63, 3.8) is 0 Å². The first kappa shape index (κ1) is 11.9. The van der Waals surface area contributed by atoms with Crippen molar-refractivity contribution in [3.8, 4) is 11.5 Å². The van der Waals surface area contributed by atoms with Gasteiger partial charge < -0.3 is 4.74 Å². The van der Waals surface area contributed by atoms with Crippen molar-refractivity contribution in [2.75, 3.05) is 0 Å². The second-order valence-electron chi connectivity index (χ2n) is 3.12. The third-order valence-corrected chi connectivity index (χ3v) is 2.34. The molecular formula is C11H5BrF3NO. The third-order valence-electron chi connectivity index (χ3n) is 1.89. The Hall–Kier alpha value is -1.56. The minimum absolute atomic E-state index is 0.0360. The molecule has 2 rings (SSSR count). The van der Waals surface area contributed by atoms with Gasteiger partial charge in [0.05, 0.1) is 0 Å². The van der Waals surface area contributed by atoms with E-state index in [4.69, 9.17) is 4.74 Å². The van der Waals surface area contributed by atoms with Crippen LogP contribution in [0.25, 0.3) is 0 Å². The van der Waals surface area contributed by atoms with Crippen LogP contribution in [0.4, 0.5) is 13.2 Å². The molecule has 0 fully saturated rings. The highest BCUT2D eigenvalue weighted by Crippen LogP contribution is 2.29. The number of halogens is 4. The molecule has 2 aromatic rings. The van der Waals surface area contributed by atoms with Crippen molar-refractivity contribution in [1.29, 1.82) is 0 Å². The van der Waals surface area contributed by atoms with Crippen molar-refractivity contribution in [1.82, 2.24) is 4.98 Å². The van der Waals surface area contributed by atoms with E-state index in [0.29, 0.717) is 4.47 Å². The summed E-state index contributed by atoms with van der Waals surface area (Å²) < 4.78 is 44.5. The molecule has 0 N–H and O–H groups in total. The van der Waals surface area contributed by atoms with Crippen LogP contribution in [-0.4, -0.2) is 4.98 Å². The minimum Gasteiger partial charge on any atom is -0.454 e. The number of hydrogen-bond acceptors (Lipinski definition) is 2. The number of aromatic nitrogens is 1. The van der Waals surface area contributed by atoms with Gasteiger partial charge in [-0.25, -0.2) is 9.37 Å². The van der Waals surface area contributed by atoms with E-state index in [2.05, 4.69) is 20.9 Å². The summed E-state index contributed by atoms with van der Waals surface area (Å²) in [6.07, 6.45) is 1.16. The molecule has 0 saturated heterocycles. The van der Waals surface area contributed by atoms with Crippen LogP contribution in [0, 0.1) is 17.6 Å². The molecule has 0 amide bonds. The molecule has 1 heterocycles. The van der Waals surface area contributed by atoms with Gasteiger partial charge in [0.1, 0.15) is 5.75 Å². The van der Waals surface area contributed by atoms with Crippen LogP contribution >= 0.6 is 15.9 Å². The Morgan fingerprint density at radius 3 is 2.59 bits per heavy atom. The summed E-state index contributed by atoms with van der Waals surface area (Å²) in [5.41, 5.74) is 0. The predicted molar refractivity (Wildman–Crippen MR) is 58.3 cm³/mol. The van der Waals surface area contributed by atoms with Crippen molar-refractivity contribution >= 4 is 15.9 Å². The van der Waals surface area contributed by atoms with Gasteiger partial charge in [0.15, 0.2) is 11.6 Å². The van der Waals surface area contributed by atoms with Gasteiger partial charge in [-0.2, -0.15) is 8.78 Å². The molecule has 1 aromatic carbocycles. The average molecular weight is 304 g/mol. The van der Waals surface area contributed by atoms with Crippen LogP contribution < -0.4 is 4.74 Å². The first-order valence-electron chi connectivity index (χ1n) is 4.50. The van der Waals surface area contributed by atoms with Gasteiger partial charge in [-0.05, 0) is 18.2 Å². The van der Waals surface area contributed by atoms with Crippen molar-refractivity contribution < 1.29 is 17.9 Å². The van der Waals surface area contributed by atoms with Crippen LogP contribution in [0.5, 0.6) is 11.5 Å². The second kappa shape index (κ2) is 4.75. The lowest BCUT2D eigenvalue weighted by Gasteiger charge is -2.07. The number of benzene rings is 1. The normalized spacial score (nSPS) is 10.4. The van der Waals surface area contributed by atoms with Crippen molar-refractivity contribution in [2.24, 2.45) is 0 Å². The molecule has 0 bridgehead atoms. The number of nitrogens with zero attached hydrogens (tertiary/aromatic N) is 1. The highest BCUT2D eigenvalue weighted by molar-refractivity contribution is 9.10. The molecular weight excluding hydrogens is 299 g/mol. The highest BCUT2D eigenvalue weighted by Gasteiger charge is 2.12.